The van der Waals surface area contributed by atoms with Gasteiger partial charge in [-0.2, -0.15) is 0 Å². The molecule has 0 aliphatic rings. The average molecular weight is 283 g/mol. The summed E-state index contributed by atoms with van der Waals surface area (Å²) in [5.41, 5.74) is 2.16. The Balaban J connectivity index is 2.00. The van der Waals surface area contributed by atoms with Gasteiger partial charge in [0.1, 0.15) is 0 Å². The van der Waals surface area contributed by atoms with Crippen LogP contribution in [0.5, 0.6) is 0 Å². The van der Waals surface area contributed by atoms with Crippen molar-refractivity contribution in [1.82, 2.24) is 0 Å². The van der Waals surface area contributed by atoms with Crippen molar-refractivity contribution in [2.45, 2.75) is 13.3 Å². The number of carbonyl (C=O) groups excluding carboxylic acids is 1. The topological polar surface area (TPSA) is 38.3 Å². The fraction of sp³-hybridized carbons (Fsp3) is 0.278. The average Bonchev–Trinajstić information content (AvgIpc) is 2.53. The van der Waals surface area contributed by atoms with Gasteiger partial charge in [0.2, 0.25) is 0 Å². The minimum atomic E-state index is -0.187. The van der Waals surface area contributed by atoms with Crippen molar-refractivity contribution in [3.8, 4) is 0 Å². The molecule has 21 heavy (non-hydrogen) atoms. The normalized spacial score (nSPS) is 11.7. The van der Waals surface area contributed by atoms with E-state index in [4.69, 9.17) is 4.74 Å². The van der Waals surface area contributed by atoms with Crippen LogP contribution in [0.2, 0.25) is 0 Å². The number of carbonyl (C=O) groups is 1. The van der Waals surface area contributed by atoms with E-state index in [1.54, 1.807) is 0 Å². The van der Waals surface area contributed by atoms with Gasteiger partial charge in [0, 0.05) is 12.2 Å². The van der Waals surface area contributed by atoms with Crippen molar-refractivity contribution in [2.24, 2.45) is 5.92 Å². The summed E-state index contributed by atoms with van der Waals surface area (Å²) in [6.07, 6.45) is 0.680. The molecule has 1 N–H and O–H groups in total. The van der Waals surface area contributed by atoms with Gasteiger partial charge in [-0.15, -0.1) is 0 Å². The largest absolute Gasteiger partial charge is 0.466 e. The molecule has 110 valence electrons. The molecule has 1 unspecified atom stereocenters. The first-order valence-electron chi connectivity index (χ1n) is 7.29. The third-order valence-corrected chi connectivity index (χ3v) is 3.27. The molecule has 0 fully saturated rings. The monoisotopic (exact) mass is 283 g/mol. The lowest BCUT2D eigenvalue weighted by atomic mass is 9.99. The third-order valence-electron chi connectivity index (χ3n) is 3.27. The number of anilines is 1. The zero-order chi connectivity index (χ0) is 14.9. The maximum Gasteiger partial charge on any atom is 0.311 e. The number of hydrogen-bond donors (Lipinski definition) is 1. The van der Waals surface area contributed by atoms with Gasteiger partial charge >= 0.3 is 5.97 Å². The van der Waals surface area contributed by atoms with Crippen molar-refractivity contribution in [2.75, 3.05) is 18.5 Å². The van der Waals surface area contributed by atoms with Crippen LogP contribution >= 0.6 is 0 Å². The van der Waals surface area contributed by atoms with Gasteiger partial charge in [0.05, 0.1) is 12.5 Å². The highest BCUT2D eigenvalue weighted by Crippen LogP contribution is 2.13. The molecule has 0 aliphatic heterocycles. The summed E-state index contributed by atoms with van der Waals surface area (Å²) in [5, 5.41) is 3.30. The van der Waals surface area contributed by atoms with Gasteiger partial charge in [-0.25, -0.2) is 0 Å². The molecule has 0 radical (unpaired) electrons. The number of hydrogen-bond acceptors (Lipinski definition) is 3. The van der Waals surface area contributed by atoms with Gasteiger partial charge in [0.15, 0.2) is 0 Å². The maximum absolute atomic E-state index is 12.1. The number of nitrogens with one attached hydrogen (secondary N) is 1. The zero-order valence-electron chi connectivity index (χ0n) is 12.3. The van der Waals surface area contributed by atoms with Crippen LogP contribution in [-0.4, -0.2) is 19.1 Å². The molecule has 0 spiro atoms. The minimum Gasteiger partial charge on any atom is -0.466 e. The van der Waals surface area contributed by atoms with Gasteiger partial charge in [-0.1, -0.05) is 48.5 Å². The van der Waals surface area contributed by atoms with Crippen LogP contribution in [0.4, 0.5) is 5.69 Å². The Morgan fingerprint density at radius 2 is 1.67 bits per heavy atom. The van der Waals surface area contributed by atoms with Crippen molar-refractivity contribution in [1.29, 1.82) is 0 Å². The predicted octanol–water partition coefficient (Wildman–Crippen LogP) is 3.52. The quantitative estimate of drug-likeness (QED) is 0.790. The third kappa shape index (κ3) is 4.95. The van der Waals surface area contributed by atoms with Crippen LogP contribution in [0.15, 0.2) is 60.7 Å². The van der Waals surface area contributed by atoms with E-state index in [9.17, 15) is 4.79 Å². The molecule has 0 aliphatic carbocycles. The standard InChI is InChI=1S/C18H21NO2/c1-2-21-18(20)16(13-15-9-5-3-6-10-15)14-19-17-11-7-4-8-12-17/h3-12,16,19H,2,13-14H2,1H3. The predicted molar refractivity (Wildman–Crippen MR) is 85.2 cm³/mol. The summed E-state index contributed by atoms with van der Waals surface area (Å²) in [7, 11) is 0. The van der Waals surface area contributed by atoms with E-state index >= 15 is 0 Å². The summed E-state index contributed by atoms with van der Waals surface area (Å²) in [4.78, 5) is 12.1. The SMILES string of the molecule is CCOC(=O)C(CNc1ccccc1)Cc1ccccc1. The Morgan fingerprint density at radius 1 is 1.05 bits per heavy atom. The van der Waals surface area contributed by atoms with Crippen molar-refractivity contribution >= 4 is 11.7 Å². The number of para-hydroxylation sites is 1. The first-order chi connectivity index (χ1) is 10.3. The number of rotatable bonds is 7. The van der Waals surface area contributed by atoms with Gasteiger partial charge < -0.3 is 10.1 Å². The minimum absolute atomic E-state index is 0.148. The van der Waals surface area contributed by atoms with Crippen LogP contribution in [0, 0.1) is 5.92 Å². The highest BCUT2D eigenvalue weighted by Gasteiger charge is 2.20. The summed E-state index contributed by atoms with van der Waals surface area (Å²) >= 11 is 0. The lowest BCUT2D eigenvalue weighted by Crippen LogP contribution is -2.27. The van der Waals surface area contributed by atoms with E-state index in [0.29, 0.717) is 19.6 Å². The van der Waals surface area contributed by atoms with E-state index in [-0.39, 0.29) is 11.9 Å². The second-order valence-corrected chi connectivity index (χ2v) is 4.89. The first-order valence-corrected chi connectivity index (χ1v) is 7.29. The molecular formula is C18H21NO2. The van der Waals surface area contributed by atoms with Crippen LogP contribution in [-0.2, 0) is 16.0 Å². The molecule has 0 aromatic heterocycles. The molecule has 1 atom stereocenters. The first kappa shape index (κ1) is 15.1. The molecule has 0 saturated heterocycles. The maximum atomic E-state index is 12.1. The smallest absolute Gasteiger partial charge is 0.311 e. The summed E-state index contributed by atoms with van der Waals surface area (Å²) < 4.78 is 5.19. The van der Waals surface area contributed by atoms with E-state index in [2.05, 4.69) is 5.32 Å². The van der Waals surface area contributed by atoms with Crippen molar-refractivity contribution in [3.05, 3.63) is 66.2 Å². The molecule has 2 aromatic carbocycles. The van der Waals surface area contributed by atoms with Gasteiger partial charge in [0.25, 0.3) is 0 Å². The molecule has 2 rings (SSSR count). The highest BCUT2D eigenvalue weighted by molar-refractivity contribution is 5.73. The molecule has 3 nitrogen and oxygen atoms in total. The molecule has 0 bridgehead atoms. The van der Waals surface area contributed by atoms with Crippen LogP contribution in [0.3, 0.4) is 0 Å². The molecule has 0 saturated carbocycles. The Kier molecular flexibility index (Phi) is 5.83. The van der Waals surface area contributed by atoms with E-state index in [1.165, 1.54) is 0 Å². The second kappa shape index (κ2) is 8.10. The lowest BCUT2D eigenvalue weighted by Gasteiger charge is -2.17. The van der Waals surface area contributed by atoms with E-state index in [0.717, 1.165) is 11.3 Å². The Labute approximate surface area is 126 Å². The summed E-state index contributed by atoms with van der Waals surface area (Å²) in [6.45, 7) is 2.81. The number of benzene rings is 2. The lowest BCUT2D eigenvalue weighted by molar-refractivity contribution is -0.147. The summed E-state index contributed by atoms with van der Waals surface area (Å²) in [6, 6.07) is 19.9. The van der Waals surface area contributed by atoms with Crippen LogP contribution in [0.1, 0.15) is 12.5 Å². The van der Waals surface area contributed by atoms with Crippen LogP contribution in [0.25, 0.3) is 0 Å². The Morgan fingerprint density at radius 3 is 2.29 bits per heavy atom. The second-order valence-electron chi connectivity index (χ2n) is 4.89. The number of ether oxygens (including phenoxy) is 1. The molecule has 3 heteroatoms. The Hall–Kier alpha value is -2.29. The fourth-order valence-corrected chi connectivity index (χ4v) is 2.19. The number of esters is 1. The zero-order valence-corrected chi connectivity index (χ0v) is 12.3. The molecule has 0 heterocycles. The van der Waals surface area contributed by atoms with Gasteiger partial charge in [-0.3, -0.25) is 4.79 Å². The highest BCUT2D eigenvalue weighted by atomic mass is 16.5. The van der Waals surface area contributed by atoms with Crippen molar-refractivity contribution in [3.63, 3.8) is 0 Å². The van der Waals surface area contributed by atoms with Crippen LogP contribution < -0.4 is 5.32 Å². The fourth-order valence-electron chi connectivity index (χ4n) is 2.19. The van der Waals surface area contributed by atoms with Gasteiger partial charge in [-0.05, 0) is 31.0 Å². The molecule has 2 aromatic rings. The van der Waals surface area contributed by atoms with E-state index in [1.807, 2.05) is 67.6 Å². The molecule has 0 amide bonds. The van der Waals surface area contributed by atoms with Crippen molar-refractivity contribution < 1.29 is 9.53 Å². The van der Waals surface area contributed by atoms with E-state index < -0.39 is 0 Å². The summed E-state index contributed by atoms with van der Waals surface area (Å²) in [5.74, 6) is -0.336. The Bertz CT molecular complexity index is 540. The molecular weight excluding hydrogens is 262 g/mol.